The van der Waals surface area contributed by atoms with Crippen molar-refractivity contribution in [2.45, 2.75) is 19.3 Å². The van der Waals surface area contributed by atoms with Crippen LogP contribution in [-0.2, 0) is 0 Å². The summed E-state index contributed by atoms with van der Waals surface area (Å²) in [5.41, 5.74) is 0.945. The maximum atomic E-state index is 10.0. The van der Waals surface area contributed by atoms with Crippen molar-refractivity contribution in [3.63, 3.8) is 0 Å². The molecule has 5 rings (SSSR count). The summed E-state index contributed by atoms with van der Waals surface area (Å²) in [6.45, 7) is 3.98. The van der Waals surface area contributed by atoms with E-state index in [-0.39, 0.29) is 5.75 Å². The normalized spacial score (nSPS) is 14.1. The molecule has 1 saturated heterocycles. The fraction of sp³-hybridized carbons (Fsp3) is 0.310. The first-order valence-electron chi connectivity index (χ1n) is 12.3. The van der Waals surface area contributed by atoms with Gasteiger partial charge in [0.25, 0.3) is 0 Å². The zero-order valence-electron chi connectivity index (χ0n) is 20.7. The lowest BCUT2D eigenvalue weighted by Gasteiger charge is -2.26. The van der Waals surface area contributed by atoms with Crippen molar-refractivity contribution in [1.29, 1.82) is 0 Å². The highest BCUT2D eigenvalue weighted by atomic mass is 32.1. The van der Waals surface area contributed by atoms with E-state index >= 15 is 0 Å². The molecular weight excluding hydrogens is 474 g/mol. The molecular formula is C29H31NO5S. The Kier molecular flexibility index (Phi) is 7.49. The molecule has 0 saturated carbocycles. The molecule has 36 heavy (non-hydrogen) atoms. The highest BCUT2D eigenvalue weighted by molar-refractivity contribution is 7.22. The summed E-state index contributed by atoms with van der Waals surface area (Å²) in [4.78, 5) is 3.41. The molecule has 2 heterocycles. The molecule has 0 bridgehead atoms. The van der Waals surface area contributed by atoms with Crippen LogP contribution >= 0.6 is 11.3 Å². The Morgan fingerprint density at radius 3 is 2.33 bits per heavy atom. The number of methoxy groups -OCH3 is 2. The smallest absolute Gasteiger partial charge is 0.161 e. The molecule has 0 atom stereocenters. The van der Waals surface area contributed by atoms with Gasteiger partial charge < -0.3 is 24.1 Å². The van der Waals surface area contributed by atoms with Gasteiger partial charge in [0.15, 0.2) is 17.2 Å². The molecule has 0 aliphatic carbocycles. The molecule has 0 radical (unpaired) electrons. The van der Waals surface area contributed by atoms with Crippen LogP contribution < -0.4 is 18.9 Å². The summed E-state index contributed by atoms with van der Waals surface area (Å²) >= 11 is 1.56. The molecule has 0 amide bonds. The lowest BCUT2D eigenvalue weighted by Crippen LogP contribution is -2.33. The number of hydrogen-bond donors (Lipinski definition) is 1. The minimum absolute atomic E-state index is 0.222. The SMILES string of the molecule is COc1ccc(-c2sc3cc(O)ccc3c2Oc2ccc(OCCN3CCCCC3)cc2)cc1OC. The molecule has 1 aliphatic rings. The predicted molar refractivity (Wildman–Crippen MR) is 144 cm³/mol. The Morgan fingerprint density at radius 1 is 0.833 bits per heavy atom. The van der Waals surface area contributed by atoms with Gasteiger partial charge in [-0.3, -0.25) is 4.90 Å². The number of phenolic OH excluding ortho intramolecular Hbond substituents is 1. The van der Waals surface area contributed by atoms with E-state index in [2.05, 4.69) is 4.90 Å². The maximum absolute atomic E-state index is 10.0. The second-order valence-corrected chi connectivity index (χ2v) is 9.89. The van der Waals surface area contributed by atoms with Gasteiger partial charge in [0.2, 0.25) is 0 Å². The average Bonchev–Trinajstić information content (AvgIpc) is 3.27. The van der Waals surface area contributed by atoms with Gasteiger partial charge >= 0.3 is 0 Å². The number of nitrogens with zero attached hydrogens (tertiary/aromatic N) is 1. The zero-order chi connectivity index (χ0) is 24.9. The number of hydrogen-bond acceptors (Lipinski definition) is 7. The van der Waals surface area contributed by atoms with E-state index in [9.17, 15) is 5.11 Å². The Morgan fingerprint density at radius 2 is 1.58 bits per heavy atom. The molecule has 1 N–H and O–H groups in total. The number of rotatable bonds is 9. The van der Waals surface area contributed by atoms with E-state index in [1.165, 1.54) is 32.4 Å². The number of aromatic hydroxyl groups is 1. The van der Waals surface area contributed by atoms with Crippen LogP contribution in [0, 0.1) is 0 Å². The molecule has 1 aliphatic heterocycles. The van der Waals surface area contributed by atoms with Crippen molar-refractivity contribution in [3.05, 3.63) is 60.7 Å². The standard InChI is InChI=1S/C29H31NO5S/c1-32-25-13-6-20(18-26(25)33-2)29-28(24-12-7-21(31)19-27(24)36-29)35-23-10-8-22(9-11-23)34-17-16-30-14-4-3-5-15-30/h6-13,18-19,31H,3-5,14-17H2,1-2H3. The van der Waals surface area contributed by atoms with Gasteiger partial charge in [-0.2, -0.15) is 0 Å². The first kappa shape index (κ1) is 24.3. The van der Waals surface area contributed by atoms with Gasteiger partial charge in [-0.15, -0.1) is 11.3 Å². The Labute approximate surface area is 215 Å². The van der Waals surface area contributed by atoms with Crippen LogP contribution in [0.2, 0.25) is 0 Å². The first-order chi connectivity index (χ1) is 17.6. The number of fused-ring (bicyclic) bond motifs is 1. The van der Waals surface area contributed by atoms with Crippen molar-refractivity contribution < 1.29 is 24.1 Å². The van der Waals surface area contributed by atoms with E-state index in [1.54, 1.807) is 37.7 Å². The van der Waals surface area contributed by atoms with E-state index < -0.39 is 0 Å². The van der Waals surface area contributed by atoms with Crippen molar-refractivity contribution in [2.24, 2.45) is 0 Å². The van der Waals surface area contributed by atoms with Gasteiger partial charge in [0, 0.05) is 16.6 Å². The third kappa shape index (κ3) is 5.37. The second-order valence-electron chi connectivity index (χ2n) is 8.83. The lowest BCUT2D eigenvalue weighted by atomic mass is 10.1. The van der Waals surface area contributed by atoms with Crippen LogP contribution in [0.5, 0.6) is 34.5 Å². The Bertz CT molecular complexity index is 1310. The molecule has 1 fully saturated rings. The largest absolute Gasteiger partial charge is 0.508 e. The van der Waals surface area contributed by atoms with Crippen LogP contribution in [-0.4, -0.2) is 50.5 Å². The molecule has 1 aromatic heterocycles. The Hall–Kier alpha value is -3.42. The van der Waals surface area contributed by atoms with Gasteiger partial charge in [-0.25, -0.2) is 0 Å². The molecule has 188 valence electrons. The van der Waals surface area contributed by atoms with Crippen LogP contribution in [0.15, 0.2) is 60.7 Å². The van der Waals surface area contributed by atoms with Crippen LogP contribution in [0.4, 0.5) is 0 Å². The zero-order valence-corrected chi connectivity index (χ0v) is 21.5. The summed E-state index contributed by atoms with van der Waals surface area (Å²) in [5, 5.41) is 11.0. The van der Waals surface area contributed by atoms with Crippen LogP contribution in [0.1, 0.15) is 19.3 Å². The van der Waals surface area contributed by atoms with Crippen molar-refractivity contribution >= 4 is 21.4 Å². The number of thiophene rings is 1. The maximum Gasteiger partial charge on any atom is 0.161 e. The summed E-state index contributed by atoms with van der Waals surface area (Å²) in [6.07, 6.45) is 3.91. The van der Waals surface area contributed by atoms with Crippen molar-refractivity contribution in [3.8, 4) is 44.9 Å². The number of benzene rings is 3. The monoisotopic (exact) mass is 505 g/mol. The highest BCUT2D eigenvalue weighted by Gasteiger charge is 2.19. The number of ether oxygens (including phenoxy) is 4. The van der Waals surface area contributed by atoms with Gasteiger partial charge in [-0.05, 0) is 92.2 Å². The second kappa shape index (κ2) is 11.1. The van der Waals surface area contributed by atoms with E-state index in [0.717, 1.165) is 38.6 Å². The molecule has 0 spiro atoms. The topological polar surface area (TPSA) is 60.4 Å². The molecule has 6 nitrogen and oxygen atoms in total. The fourth-order valence-electron chi connectivity index (χ4n) is 4.53. The molecule has 4 aromatic rings. The van der Waals surface area contributed by atoms with E-state index in [0.29, 0.717) is 23.9 Å². The quantitative estimate of drug-likeness (QED) is 0.266. The minimum atomic E-state index is 0.222. The highest BCUT2D eigenvalue weighted by Crippen LogP contribution is 2.48. The van der Waals surface area contributed by atoms with Gasteiger partial charge in [0.05, 0.1) is 19.1 Å². The average molecular weight is 506 g/mol. The number of phenols is 1. The summed E-state index contributed by atoms with van der Waals surface area (Å²) < 4.78 is 24.3. The van der Waals surface area contributed by atoms with Crippen molar-refractivity contribution in [2.75, 3.05) is 40.5 Å². The van der Waals surface area contributed by atoms with Crippen molar-refractivity contribution in [1.82, 2.24) is 4.90 Å². The third-order valence-electron chi connectivity index (χ3n) is 6.44. The Balaban J connectivity index is 1.37. The third-order valence-corrected chi connectivity index (χ3v) is 7.63. The van der Waals surface area contributed by atoms with Crippen LogP contribution in [0.3, 0.4) is 0 Å². The van der Waals surface area contributed by atoms with Crippen LogP contribution in [0.25, 0.3) is 20.5 Å². The first-order valence-corrected chi connectivity index (χ1v) is 13.1. The van der Waals surface area contributed by atoms with E-state index in [4.69, 9.17) is 18.9 Å². The fourth-order valence-corrected chi connectivity index (χ4v) is 5.69. The number of likely N-dealkylation sites (tertiary alicyclic amines) is 1. The molecule has 7 heteroatoms. The summed E-state index contributed by atoms with van der Waals surface area (Å²) in [6, 6.07) is 18.9. The summed E-state index contributed by atoms with van der Waals surface area (Å²) in [5.74, 6) is 3.82. The molecule has 0 unspecified atom stereocenters. The summed E-state index contributed by atoms with van der Waals surface area (Å²) in [7, 11) is 3.24. The number of piperidine rings is 1. The van der Waals surface area contributed by atoms with Gasteiger partial charge in [-0.1, -0.05) is 6.42 Å². The lowest BCUT2D eigenvalue weighted by molar-refractivity contribution is 0.183. The predicted octanol–water partition coefficient (Wildman–Crippen LogP) is 6.95. The minimum Gasteiger partial charge on any atom is -0.508 e. The van der Waals surface area contributed by atoms with Gasteiger partial charge in [0.1, 0.15) is 23.9 Å². The van der Waals surface area contributed by atoms with E-state index in [1.807, 2.05) is 48.5 Å². The molecule has 3 aromatic carbocycles.